The molecule has 1 atom stereocenters. The van der Waals surface area contributed by atoms with Crippen LogP contribution in [-0.2, 0) is 9.59 Å². The molecule has 1 unspecified atom stereocenters. The van der Waals surface area contributed by atoms with Gasteiger partial charge in [-0.3, -0.25) is 9.59 Å². The molecule has 0 aromatic heterocycles. The number of carbonyl (C=O) groups excluding carboxylic acids is 1. The van der Waals surface area contributed by atoms with E-state index < -0.39 is 11.9 Å². The number of amides is 1. The quantitative estimate of drug-likeness (QED) is 0.857. The van der Waals surface area contributed by atoms with Gasteiger partial charge >= 0.3 is 5.97 Å². The van der Waals surface area contributed by atoms with E-state index in [0.29, 0.717) is 5.02 Å². The van der Waals surface area contributed by atoms with Gasteiger partial charge in [0.15, 0.2) is 0 Å². The van der Waals surface area contributed by atoms with Crippen LogP contribution < -0.4 is 4.90 Å². The molecule has 0 radical (unpaired) electrons. The van der Waals surface area contributed by atoms with Crippen LogP contribution in [0.2, 0.25) is 5.02 Å². The van der Waals surface area contributed by atoms with Gasteiger partial charge < -0.3 is 10.0 Å². The van der Waals surface area contributed by atoms with Crippen LogP contribution in [0.4, 0.5) is 5.69 Å². The molecule has 5 heteroatoms. The molecule has 0 spiro atoms. The number of halogens is 1. The molecule has 0 saturated carbocycles. The first-order valence-corrected chi connectivity index (χ1v) is 7.97. The van der Waals surface area contributed by atoms with Gasteiger partial charge in [0.1, 0.15) is 0 Å². The normalized spacial score (nSPS) is 17.6. The summed E-state index contributed by atoms with van der Waals surface area (Å²) in [6.45, 7) is 0.230. The summed E-state index contributed by atoms with van der Waals surface area (Å²) in [7, 11) is 0. The van der Waals surface area contributed by atoms with Gasteiger partial charge in [-0.05, 0) is 35.4 Å². The van der Waals surface area contributed by atoms with Crippen molar-refractivity contribution in [2.24, 2.45) is 5.92 Å². The van der Waals surface area contributed by atoms with Crippen LogP contribution in [0.3, 0.4) is 0 Å². The Balaban J connectivity index is 1.70. The Hall–Kier alpha value is -2.59. The Morgan fingerprint density at radius 3 is 2.08 bits per heavy atom. The molecule has 1 aliphatic rings. The summed E-state index contributed by atoms with van der Waals surface area (Å²) in [5, 5.41) is 9.74. The predicted molar refractivity (Wildman–Crippen MR) is 94.9 cm³/mol. The van der Waals surface area contributed by atoms with Crippen LogP contribution in [0, 0.1) is 5.92 Å². The molecule has 3 rings (SSSR count). The number of hydrogen-bond acceptors (Lipinski definition) is 2. The highest BCUT2D eigenvalue weighted by Crippen LogP contribution is 2.26. The van der Waals surface area contributed by atoms with Crippen LogP contribution in [-0.4, -0.2) is 23.5 Å². The first-order valence-electron chi connectivity index (χ1n) is 7.60. The molecule has 1 heterocycles. The molecular weight excluding hydrogens is 326 g/mol. The maximum atomic E-state index is 12.0. The van der Waals surface area contributed by atoms with E-state index in [1.165, 1.54) is 4.90 Å². The van der Waals surface area contributed by atoms with Crippen molar-refractivity contribution in [3.05, 3.63) is 64.7 Å². The Morgan fingerprint density at radius 2 is 1.58 bits per heavy atom. The number of rotatable bonds is 4. The van der Waals surface area contributed by atoms with Crippen molar-refractivity contribution in [3.8, 4) is 0 Å². The first-order chi connectivity index (χ1) is 11.5. The third kappa shape index (κ3) is 3.66. The van der Waals surface area contributed by atoms with Gasteiger partial charge in [-0.2, -0.15) is 0 Å². The standard InChI is InChI=1S/C19H16ClNO3/c20-16-7-3-13(4-8-16)1-2-14-5-9-17(10-6-14)21-12-15(19(23)24)11-18(21)22/h1-10,15H,11-12H2,(H,23,24). The molecule has 2 aromatic carbocycles. The predicted octanol–water partition coefficient (Wildman–Crippen LogP) is 3.95. The van der Waals surface area contributed by atoms with E-state index in [-0.39, 0.29) is 18.9 Å². The lowest BCUT2D eigenvalue weighted by molar-refractivity contribution is -0.141. The Morgan fingerprint density at radius 1 is 1.04 bits per heavy atom. The molecule has 1 amide bonds. The van der Waals surface area contributed by atoms with Crippen LogP contribution in [0.5, 0.6) is 0 Å². The number of benzene rings is 2. The lowest BCUT2D eigenvalue weighted by Crippen LogP contribution is -2.25. The summed E-state index contributed by atoms with van der Waals surface area (Å²) in [4.78, 5) is 24.5. The number of nitrogens with zero attached hydrogens (tertiary/aromatic N) is 1. The van der Waals surface area contributed by atoms with Crippen molar-refractivity contribution in [3.63, 3.8) is 0 Å². The average molecular weight is 342 g/mol. The highest BCUT2D eigenvalue weighted by atomic mass is 35.5. The number of anilines is 1. The molecule has 1 aliphatic heterocycles. The summed E-state index contributed by atoms with van der Waals surface area (Å²) in [6, 6.07) is 15.0. The Labute approximate surface area is 145 Å². The van der Waals surface area contributed by atoms with E-state index in [1.54, 1.807) is 0 Å². The second-order valence-electron chi connectivity index (χ2n) is 5.72. The van der Waals surface area contributed by atoms with E-state index in [2.05, 4.69) is 0 Å². The monoisotopic (exact) mass is 341 g/mol. The first kappa shape index (κ1) is 16.3. The van der Waals surface area contributed by atoms with E-state index in [1.807, 2.05) is 60.7 Å². The highest BCUT2D eigenvalue weighted by molar-refractivity contribution is 6.30. The van der Waals surface area contributed by atoms with Gasteiger partial charge in [-0.15, -0.1) is 0 Å². The number of carboxylic acids is 1. The largest absolute Gasteiger partial charge is 0.481 e. The van der Waals surface area contributed by atoms with Crippen molar-refractivity contribution in [1.29, 1.82) is 0 Å². The molecule has 1 saturated heterocycles. The minimum Gasteiger partial charge on any atom is -0.481 e. The zero-order chi connectivity index (χ0) is 17.1. The lowest BCUT2D eigenvalue weighted by atomic mass is 10.1. The Kier molecular flexibility index (Phi) is 4.67. The smallest absolute Gasteiger partial charge is 0.308 e. The minimum atomic E-state index is -0.923. The number of carboxylic acid groups (broad SMARTS) is 1. The van der Waals surface area contributed by atoms with Crippen LogP contribution in [0.15, 0.2) is 48.5 Å². The van der Waals surface area contributed by atoms with E-state index in [9.17, 15) is 9.59 Å². The third-order valence-electron chi connectivity index (χ3n) is 4.02. The molecule has 1 N–H and O–H groups in total. The lowest BCUT2D eigenvalue weighted by Gasteiger charge is -2.16. The number of hydrogen-bond donors (Lipinski definition) is 1. The molecule has 2 aromatic rings. The SMILES string of the molecule is O=C(O)C1CC(=O)N(c2ccc(C=Cc3ccc(Cl)cc3)cc2)C1. The number of aliphatic carboxylic acids is 1. The van der Waals surface area contributed by atoms with Crippen molar-refractivity contribution >= 4 is 41.3 Å². The summed E-state index contributed by atoms with van der Waals surface area (Å²) in [6.07, 6.45) is 4.01. The molecule has 122 valence electrons. The topological polar surface area (TPSA) is 57.6 Å². The fourth-order valence-corrected chi connectivity index (χ4v) is 2.78. The highest BCUT2D eigenvalue weighted by Gasteiger charge is 2.34. The minimum absolute atomic E-state index is 0.0630. The Bertz CT molecular complexity index is 781. The molecule has 0 aliphatic carbocycles. The third-order valence-corrected chi connectivity index (χ3v) is 4.27. The zero-order valence-electron chi connectivity index (χ0n) is 12.9. The van der Waals surface area contributed by atoms with Gasteiger partial charge in [-0.25, -0.2) is 0 Å². The molecule has 0 bridgehead atoms. The second-order valence-corrected chi connectivity index (χ2v) is 6.16. The van der Waals surface area contributed by atoms with Crippen LogP contribution in [0.1, 0.15) is 17.5 Å². The molecule has 1 fully saturated rings. The van der Waals surface area contributed by atoms with Gasteiger partial charge in [0.2, 0.25) is 5.91 Å². The molecule has 24 heavy (non-hydrogen) atoms. The summed E-state index contributed by atoms with van der Waals surface area (Å²) in [5.41, 5.74) is 2.77. The maximum absolute atomic E-state index is 12.0. The maximum Gasteiger partial charge on any atom is 0.308 e. The molecule has 4 nitrogen and oxygen atoms in total. The zero-order valence-corrected chi connectivity index (χ0v) is 13.6. The van der Waals surface area contributed by atoms with E-state index >= 15 is 0 Å². The number of carbonyl (C=O) groups is 2. The van der Waals surface area contributed by atoms with Gasteiger partial charge in [0.25, 0.3) is 0 Å². The second kappa shape index (κ2) is 6.89. The van der Waals surface area contributed by atoms with Crippen molar-refractivity contribution < 1.29 is 14.7 Å². The fourth-order valence-electron chi connectivity index (χ4n) is 2.65. The van der Waals surface area contributed by atoms with Gasteiger partial charge in [0.05, 0.1) is 5.92 Å². The van der Waals surface area contributed by atoms with Crippen LogP contribution >= 0.6 is 11.6 Å². The average Bonchev–Trinajstić information content (AvgIpc) is 2.97. The summed E-state index contributed by atoms with van der Waals surface area (Å²) >= 11 is 5.86. The van der Waals surface area contributed by atoms with Crippen LogP contribution in [0.25, 0.3) is 12.2 Å². The molecular formula is C19H16ClNO3. The summed E-state index contributed by atoms with van der Waals surface area (Å²) in [5.74, 6) is -1.69. The fraction of sp³-hybridized carbons (Fsp3) is 0.158. The summed E-state index contributed by atoms with van der Waals surface area (Å²) < 4.78 is 0. The van der Waals surface area contributed by atoms with Crippen molar-refractivity contribution in [2.75, 3.05) is 11.4 Å². The van der Waals surface area contributed by atoms with E-state index in [4.69, 9.17) is 16.7 Å². The van der Waals surface area contributed by atoms with Crippen molar-refractivity contribution in [1.82, 2.24) is 0 Å². The van der Waals surface area contributed by atoms with Crippen molar-refractivity contribution in [2.45, 2.75) is 6.42 Å². The van der Waals surface area contributed by atoms with Gasteiger partial charge in [-0.1, -0.05) is 48.0 Å². The van der Waals surface area contributed by atoms with E-state index in [0.717, 1.165) is 16.8 Å². The van der Waals surface area contributed by atoms with Gasteiger partial charge in [0, 0.05) is 23.7 Å².